The highest BCUT2D eigenvalue weighted by Gasteiger charge is 2.18. The zero-order chi connectivity index (χ0) is 15.3. The number of hydrogen-bond acceptors (Lipinski definition) is 4. The number of thioether (sulfide) groups is 1. The van der Waals surface area contributed by atoms with Crippen molar-refractivity contribution >= 4 is 17.5 Å². The Bertz CT molecular complexity index is 479. The largest absolute Gasteiger partial charge is 0.507 e. The van der Waals surface area contributed by atoms with E-state index in [0.717, 1.165) is 18.2 Å². The Kier molecular flexibility index (Phi) is 6.49. The smallest absolute Gasteiger partial charge is 0.163 e. The Labute approximate surface area is 124 Å². The molecule has 0 aliphatic rings. The molecule has 3 nitrogen and oxygen atoms in total. The number of hydrogen-bond donors (Lipinski definition) is 1. The first kappa shape index (κ1) is 17.0. The second-order valence-corrected chi connectivity index (χ2v) is 5.86. The van der Waals surface area contributed by atoms with Crippen LogP contribution in [-0.2, 0) is 6.54 Å². The molecule has 5 heteroatoms. The Morgan fingerprint density at radius 1 is 1.50 bits per heavy atom. The molecule has 0 heterocycles. The van der Waals surface area contributed by atoms with E-state index in [2.05, 4.69) is 11.8 Å². The van der Waals surface area contributed by atoms with E-state index in [0.29, 0.717) is 18.2 Å². The van der Waals surface area contributed by atoms with E-state index < -0.39 is 5.82 Å². The molecule has 1 N–H and O–H groups in total. The SMILES string of the molecule is CCC(CSC)N(C)Cc1cc(F)cc(C(C)=O)c1O. The summed E-state index contributed by atoms with van der Waals surface area (Å²) < 4.78 is 13.6. The standard InChI is InChI=1S/C15H22FNO2S/c1-5-13(9-20-4)17(3)8-11-6-12(16)7-14(10(2)18)15(11)19/h6-7,13,19H,5,8-9H2,1-4H3. The zero-order valence-corrected chi connectivity index (χ0v) is 13.3. The van der Waals surface area contributed by atoms with Gasteiger partial charge in [0.2, 0.25) is 0 Å². The molecule has 0 aromatic heterocycles. The Hall–Kier alpha value is -1.07. The highest BCUT2D eigenvalue weighted by atomic mass is 32.2. The number of phenols is 1. The normalized spacial score (nSPS) is 12.7. The van der Waals surface area contributed by atoms with Gasteiger partial charge >= 0.3 is 0 Å². The van der Waals surface area contributed by atoms with Crippen molar-refractivity contribution in [3.05, 3.63) is 29.1 Å². The maximum absolute atomic E-state index is 13.6. The van der Waals surface area contributed by atoms with Crippen molar-refractivity contribution in [2.75, 3.05) is 19.1 Å². The number of nitrogens with zero attached hydrogens (tertiary/aromatic N) is 1. The number of ketones is 1. The molecule has 0 amide bonds. The van der Waals surface area contributed by atoms with E-state index in [1.165, 1.54) is 13.0 Å². The second-order valence-electron chi connectivity index (χ2n) is 4.95. The van der Waals surface area contributed by atoms with Gasteiger partial charge in [-0.3, -0.25) is 9.69 Å². The molecule has 0 saturated carbocycles. The van der Waals surface area contributed by atoms with E-state index in [1.807, 2.05) is 13.3 Å². The monoisotopic (exact) mass is 299 g/mol. The van der Waals surface area contributed by atoms with Crippen LogP contribution in [-0.4, -0.2) is 40.9 Å². The highest BCUT2D eigenvalue weighted by Crippen LogP contribution is 2.26. The van der Waals surface area contributed by atoms with Crippen molar-refractivity contribution in [1.29, 1.82) is 0 Å². The lowest BCUT2D eigenvalue weighted by atomic mass is 10.0. The first-order valence-electron chi connectivity index (χ1n) is 6.62. The maximum atomic E-state index is 13.6. The van der Waals surface area contributed by atoms with E-state index >= 15 is 0 Å². The molecule has 0 saturated heterocycles. The third-order valence-corrected chi connectivity index (χ3v) is 4.12. The third kappa shape index (κ3) is 4.21. The van der Waals surface area contributed by atoms with E-state index in [4.69, 9.17) is 0 Å². The van der Waals surface area contributed by atoms with Crippen LogP contribution in [0.3, 0.4) is 0 Å². The fourth-order valence-corrected chi connectivity index (χ4v) is 3.07. The topological polar surface area (TPSA) is 40.5 Å². The van der Waals surface area contributed by atoms with Crippen LogP contribution >= 0.6 is 11.8 Å². The Morgan fingerprint density at radius 2 is 2.15 bits per heavy atom. The van der Waals surface area contributed by atoms with Gasteiger partial charge in [0.15, 0.2) is 5.78 Å². The van der Waals surface area contributed by atoms with E-state index in [9.17, 15) is 14.3 Å². The van der Waals surface area contributed by atoms with Crippen LogP contribution in [0.25, 0.3) is 0 Å². The lowest BCUT2D eigenvalue weighted by molar-refractivity contribution is 0.101. The van der Waals surface area contributed by atoms with Gasteiger partial charge in [0, 0.05) is 23.9 Å². The first-order chi connectivity index (χ1) is 9.40. The van der Waals surface area contributed by atoms with E-state index in [1.54, 1.807) is 11.8 Å². The van der Waals surface area contributed by atoms with Crippen molar-refractivity contribution in [3.8, 4) is 5.75 Å². The van der Waals surface area contributed by atoms with Crippen molar-refractivity contribution < 1.29 is 14.3 Å². The van der Waals surface area contributed by atoms with Gasteiger partial charge in [-0.1, -0.05) is 6.92 Å². The molecule has 0 spiro atoms. The number of phenolic OH excluding ortho intramolecular Hbond substituents is 1. The van der Waals surface area contributed by atoms with Gasteiger partial charge in [-0.2, -0.15) is 11.8 Å². The summed E-state index contributed by atoms with van der Waals surface area (Å²) in [4.78, 5) is 13.5. The third-order valence-electron chi connectivity index (χ3n) is 3.41. The van der Waals surface area contributed by atoms with Crippen LogP contribution < -0.4 is 0 Å². The lowest BCUT2D eigenvalue weighted by Gasteiger charge is -2.27. The summed E-state index contributed by atoms with van der Waals surface area (Å²) in [7, 11) is 1.95. The Morgan fingerprint density at radius 3 is 2.65 bits per heavy atom. The molecule has 1 unspecified atom stereocenters. The maximum Gasteiger partial charge on any atom is 0.163 e. The van der Waals surface area contributed by atoms with Crippen LogP contribution in [0.5, 0.6) is 5.75 Å². The molecule has 0 bridgehead atoms. The average molecular weight is 299 g/mol. The summed E-state index contributed by atoms with van der Waals surface area (Å²) in [5.74, 6) is 0.0453. The zero-order valence-electron chi connectivity index (χ0n) is 12.4. The number of rotatable bonds is 7. The van der Waals surface area contributed by atoms with Crippen molar-refractivity contribution in [3.63, 3.8) is 0 Å². The summed E-state index contributed by atoms with van der Waals surface area (Å²) >= 11 is 1.76. The quantitative estimate of drug-likeness (QED) is 0.784. The molecule has 1 aromatic rings. The summed E-state index contributed by atoms with van der Waals surface area (Å²) in [6.45, 7) is 3.84. The van der Waals surface area contributed by atoms with Crippen molar-refractivity contribution in [1.82, 2.24) is 4.90 Å². The van der Waals surface area contributed by atoms with Gasteiger partial charge in [0.1, 0.15) is 11.6 Å². The summed E-state index contributed by atoms with van der Waals surface area (Å²) in [6.07, 6.45) is 3.02. The number of Topliss-reactive ketones (excluding diaryl/α,β-unsaturated/α-hetero) is 1. The van der Waals surface area contributed by atoms with Gasteiger partial charge in [-0.05, 0) is 38.8 Å². The molecule has 1 rings (SSSR count). The van der Waals surface area contributed by atoms with E-state index in [-0.39, 0.29) is 17.1 Å². The van der Waals surface area contributed by atoms with Gasteiger partial charge in [0.25, 0.3) is 0 Å². The molecular formula is C15H22FNO2S. The summed E-state index contributed by atoms with van der Waals surface area (Å²) in [5, 5.41) is 10.1. The van der Waals surface area contributed by atoms with Crippen LogP contribution in [0.4, 0.5) is 4.39 Å². The molecule has 0 radical (unpaired) electrons. The summed E-state index contributed by atoms with van der Waals surface area (Å²) in [6, 6.07) is 2.73. The molecule has 0 fully saturated rings. The number of carbonyl (C=O) groups is 1. The number of halogens is 1. The molecule has 1 atom stereocenters. The molecular weight excluding hydrogens is 277 g/mol. The van der Waals surface area contributed by atoms with Crippen molar-refractivity contribution in [2.24, 2.45) is 0 Å². The fraction of sp³-hybridized carbons (Fsp3) is 0.533. The van der Waals surface area contributed by atoms with Crippen LogP contribution in [0.1, 0.15) is 36.2 Å². The first-order valence-corrected chi connectivity index (χ1v) is 8.01. The second kappa shape index (κ2) is 7.64. The highest BCUT2D eigenvalue weighted by molar-refractivity contribution is 7.98. The fourth-order valence-electron chi connectivity index (χ4n) is 2.19. The van der Waals surface area contributed by atoms with Gasteiger partial charge < -0.3 is 5.11 Å². The van der Waals surface area contributed by atoms with Gasteiger partial charge in [-0.15, -0.1) is 0 Å². The molecule has 20 heavy (non-hydrogen) atoms. The Balaban J connectivity index is 2.99. The number of carbonyl (C=O) groups excluding carboxylic acids is 1. The predicted octanol–water partition coefficient (Wildman–Crippen LogP) is 3.31. The lowest BCUT2D eigenvalue weighted by Crippen LogP contribution is -2.32. The van der Waals surface area contributed by atoms with Gasteiger partial charge in [0.05, 0.1) is 5.56 Å². The minimum absolute atomic E-state index is 0.0475. The van der Waals surface area contributed by atoms with Crippen LogP contribution in [0.15, 0.2) is 12.1 Å². The van der Waals surface area contributed by atoms with Crippen molar-refractivity contribution in [2.45, 2.75) is 32.9 Å². The predicted molar refractivity (Wildman–Crippen MR) is 82.0 cm³/mol. The molecule has 112 valence electrons. The molecule has 0 aliphatic heterocycles. The molecule has 1 aromatic carbocycles. The van der Waals surface area contributed by atoms with Crippen LogP contribution in [0, 0.1) is 5.82 Å². The molecule has 0 aliphatic carbocycles. The minimum Gasteiger partial charge on any atom is -0.507 e. The van der Waals surface area contributed by atoms with Crippen LogP contribution in [0.2, 0.25) is 0 Å². The average Bonchev–Trinajstić information content (AvgIpc) is 2.39. The summed E-state index contributed by atoms with van der Waals surface area (Å²) in [5.41, 5.74) is 0.503. The van der Waals surface area contributed by atoms with Gasteiger partial charge in [-0.25, -0.2) is 4.39 Å². The number of benzene rings is 1. The number of aromatic hydroxyl groups is 1. The minimum atomic E-state index is -0.491.